The number of hydrogen-bond donors (Lipinski definition) is 1. The number of amides is 1. The highest BCUT2D eigenvalue weighted by Crippen LogP contribution is 2.15. The molecule has 0 aliphatic rings. The first-order valence-electron chi connectivity index (χ1n) is 3.47. The van der Waals surface area contributed by atoms with Crippen LogP contribution in [0.1, 0.15) is 0 Å². The lowest BCUT2D eigenvalue weighted by molar-refractivity contribution is 0.248. The zero-order chi connectivity index (χ0) is 9.42. The van der Waals surface area contributed by atoms with Crippen molar-refractivity contribution >= 4 is 33.0 Å². The van der Waals surface area contributed by atoms with E-state index in [-0.39, 0.29) is 0 Å². The summed E-state index contributed by atoms with van der Waals surface area (Å²) in [5.41, 5.74) is 5.54. The molecule has 0 atom stereocenters. The average molecular weight is 241 g/mol. The van der Waals surface area contributed by atoms with Crippen molar-refractivity contribution in [1.29, 1.82) is 0 Å². The number of nitrogens with zero attached hydrogens (tertiary/aromatic N) is 3. The molecule has 0 aromatic carbocycles. The molecule has 2 aromatic rings. The Morgan fingerprint density at radius 2 is 2.31 bits per heavy atom. The smallest absolute Gasteiger partial charge is 0.341 e. The van der Waals surface area contributed by atoms with E-state index in [4.69, 9.17) is 5.73 Å². The zero-order valence-electron chi connectivity index (χ0n) is 6.44. The summed E-state index contributed by atoms with van der Waals surface area (Å²) in [7, 11) is 0. The number of primary amides is 1. The van der Waals surface area contributed by atoms with Crippen LogP contribution in [0, 0.1) is 0 Å². The molecule has 0 spiro atoms. The molecular formula is C7H5BrN4O. The highest BCUT2D eigenvalue weighted by Gasteiger charge is 2.07. The van der Waals surface area contributed by atoms with E-state index >= 15 is 0 Å². The van der Waals surface area contributed by atoms with Gasteiger partial charge in [-0.05, 0) is 22.0 Å². The standard InChI is InChI=1S/C7H5BrN4O/c8-5-1-4-2-11-12(7(9)13)6(4)10-3-5/h1-3H,(H2,9,13). The summed E-state index contributed by atoms with van der Waals surface area (Å²) in [6.45, 7) is 0. The van der Waals surface area contributed by atoms with Gasteiger partial charge < -0.3 is 5.73 Å². The van der Waals surface area contributed by atoms with E-state index in [1.54, 1.807) is 6.20 Å². The zero-order valence-corrected chi connectivity index (χ0v) is 8.02. The van der Waals surface area contributed by atoms with Crippen LogP contribution in [0.2, 0.25) is 0 Å². The van der Waals surface area contributed by atoms with Gasteiger partial charge >= 0.3 is 6.03 Å². The molecule has 1 amide bonds. The predicted molar refractivity (Wildman–Crippen MR) is 50.2 cm³/mol. The van der Waals surface area contributed by atoms with Crippen LogP contribution in [0.5, 0.6) is 0 Å². The molecule has 66 valence electrons. The van der Waals surface area contributed by atoms with Gasteiger partial charge in [-0.1, -0.05) is 0 Å². The fraction of sp³-hybridized carbons (Fsp3) is 0. The maximum Gasteiger partial charge on any atom is 0.341 e. The number of nitrogens with two attached hydrogens (primary N) is 1. The van der Waals surface area contributed by atoms with Crippen LogP contribution in [0.15, 0.2) is 22.9 Å². The summed E-state index contributed by atoms with van der Waals surface area (Å²) in [5, 5.41) is 4.57. The second-order valence-corrected chi connectivity index (χ2v) is 3.38. The molecule has 0 fully saturated rings. The van der Waals surface area contributed by atoms with E-state index in [9.17, 15) is 4.79 Å². The first-order chi connectivity index (χ1) is 6.18. The summed E-state index contributed by atoms with van der Waals surface area (Å²) in [6, 6.07) is 1.18. The van der Waals surface area contributed by atoms with Crippen molar-refractivity contribution in [3.05, 3.63) is 22.9 Å². The Morgan fingerprint density at radius 1 is 1.54 bits per heavy atom. The summed E-state index contributed by atoms with van der Waals surface area (Å²) in [5.74, 6) is 0. The van der Waals surface area contributed by atoms with Crippen molar-refractivity contribution in [2.45, 2.75) is 0 Å². The second kappa shape index (κ2) is 2.81. The fourth-order valence-corrected chi connectivity index (χ4v) is 1.40. The van der Waals surface area contributed by atoms with Gasteiger partial charge in [0.05, 0.1) is 6.20 Å². The van der Waals surface area contributed by atoms with Crippen molar-refractivity contribution in [2.24, 2.45) is 5.73 Å². The molecule has 0 saturated carbocycles. The van der Waals surface area contributed by atoms with E-state index in [0.29, 0.717) is 5.65 Å². The van der Waals surface area contributed by atoms with Gasteiger partial charge in [0.25, 0.3) is 0 Å². The van der Waals surface area contributed by atoms with E-state index in [2.05, 4.69) is 26.0 Å². The third-order valence-corrected chi connectivity index (χ3v) is 2.02. The Hall–Kier alpha value is -1.43. The van der Waals surface area contributed by atoms with Crippen LogP contribution in [0.25, 0.3) is 11.0 Å². The van der Waals surface area contributed by atoms with E-state index in [1.165, 1.54) is 6.20 Å². The molecule has 2 rings (SSSR count). The molecule has 13 heavy (non-hydrogen) atoms. The normalized spacial score (nSPS) is 10.5. The first kappa shape index (κ1) is 8.18. The van der Waals surface area contributed by atoms with Gasteiger partial charge in [-0.3, -0.25) is 0 Å². The minimum atomic E-state index is -0.634. The van der Waals surface area contributed by atoms with Crippen molar-refractivity contribution in [1.82, 2.24) is 14.8 Å². The maximum absolute atomic E-state index is 10.8. The SMILES string of the molecule is NC(=O)n1ncc2cc(Br)cnc21. The topological polar surface area (TPSA) is 73.8 Å². The van der Waals surface area contributed by atoms with Gasteiger partial charge in [-0.25, -0.2) is 9.78 Å². The van der Waals surface area contributed by atoms with Gasteiger partial charge in [-0.15, -0.1) is 0 Å². The molecule has 0 bridgehead atoms. The summed E-state index contributed by atoms with van der Waals surface area (Å²) < 4.78 is 1.89. The molecule has 0 unspecified atom stereocenters. The summed E-state index contributed by atoms with van der Waals surface area (Å²) >= 11 is 3.26. The first-order valence-corrected chi connectivity index (χ1v) is 4.27. The lowest BCUT2D eigenvalue weighted by atomic mass is 10.4. The average Bonchev–Trinajstić information content (AvgIpc) is 2.46. The van der Waals surface area contributed by atoms with E-state index < -0.39 is 6.03 Å². The molecule has 2 N–H and O–H groups in total. The summed E-state index contributed by atoms with van der Waals surface area (Å²) in [6.07, 6.45) is 3.13. The number of carbonyl (C=O) groups is 1. The molecule has 0 aliphatic heterocycles. The molecule has 5 nitrogen and oxygen atoms in total. The fourth-order valence-electron chi connectivity index (χ4n) is 1.06. The minimum Gasteiger partial charge on any atom is -0.350 e. The van der Waals surface area contributed by atoms with Gasteiger partial charge in [0.1, 0.15) is 0 Å². The van der Waals surface area contributed by atoms with Gasteiger partial charge in [0.15, 0.2) is 5.65 Å². The van der Waals surface area contributed by atoms with Crippen LogP contribution < -0.4 is 5.73 Å². The van der Waals surface area contributed by atoms with Crippen LogP contribution in [0.3, 0.4) is 0 Å². The molecule has 0 radical (unpaired) electrons. The van der Waals surface area contributed by atoms with Gasteiger partial charge in [0.2, 0.25) is 0 Å². The molecule has 2 aromatic heterocycles. The number of fused-ring (bicyclic) bond motifs is 1. The van der Waals surface area contributed by atoms with Crippen LogP contribution in [-0.2, 0) is 0 Å². The minimum absolute atomic E-state index is 0.468. The van der Waals surface area contributed by atoms with E-state index in [0.717, 1.165) is 14.5 Å². The van der Waals surface area contributed by atoms with Crippen LogP contribution in [-0.4, -0.2) is 20.8 Å². The second-order valence-electron chi connectivity index (χ2n) is 2.46. The number of aromatic nitrogens is 3. The Balaban J connectivity index is 2.76. The van der Waals surface area contributed by atoms with Crippen molar-refractivity contribution in [2.75, 3.05) is 0 Å². The largest absolute Gasteiger partial charge is 0.350 e. The van der Waals surface area contributed by atoms with Crippen molar-refractivity contribution in [3.8, 4) is 0 Å². The van der Waals surface area contributed by atoms with Gasteiger partial charge in [-0.2, -0.15) is 9.78 Å². The molecule has 2 heterocycles. The number of hydrogen-bond acceptors (Lipinski definition) is 3. The third kappa shape index (κ3) is 1.29. The van der Waals surface area contributed by atoms with Crippen molar-refractivity contribution in [3.63, 3.8) is 0 Å². The number of carbonyl (C=O) groups excluding carboxylic acids is 1. The summed E-state index contributed by atoms with van der Waals surface area (Å²) in [4.78, 5) is 14.8. The predicted octanol–water partition coefficient (Wildman–Crippen LogP) is 1.12. The lowest BCUT2D eigenvalue weighted by Gasteiger charge is -1.94. The Morgan fingerprint density at radius 3 is 3.00 bits per heavy atom. The highest BCUT2D eigenvalue weighted by atomic mass is 79.9. The Labute approximate surface area is 81.7 Å². The third-order valence-electron chi connectivity index (χ3n) is 1.58. The molecule has 6 heteroatoms. The monoisotopic (exact) mass is 240 g/mol. The maximum atomic E-state index is 10.8. The van der Waals surface area contributed by atoms with Crippen LogP contribution in [0.4, 0.5) is 4.79 Å². The quantitative estimate of drug-likeness (QED) is 0.750. The highest BCUT2D eigenvalue weighted by molar-refractivity contribution is 9.10. The van der Waals surface area contributed by atoms with E-state index in [1.807, 2.05) is 6.07 Å². The van der Waals surface area contributed by atoms with Crippen molar-refractivity contribution < 1.29 is 4.79 Å². The molecule has 0 aliphatic carbocycles. The Kier molecular flexibility index (Phi) is 1.77. The lowest BCUT2D eigenvalue weighted by Crippen LogP contribution is -2.20. The number of pyridine rings is 1. The van der Waals surface area contributed by atoms with Gasteiger partial charge in [0, 0.05) is 16.1 Å². The molecule has 0 saturated heterocycles. The molecular weight excluding hydrogens is 236 g/mol. The number of halogens is 1. The Bertz CT molecular complexity index is 478. The van der Waals surface area contributed by atoms with Crippen LogP contribution >= 0.6 is 15.9 Å². The number of rotatable bonds is 0.